The van der Waals surface area contributed by atoms with E-state index < -0.39 is 4.92 Å². The van der Waals surface area contributed by atoms with E-state index in [4.69, 9.17) is 0 Å². The number of amides is 1. The molecule has 146 valence electrons. The lowest BCUT2D eigenvalue weighted by Crippen LogP contribution is -2.29. The lowest BCUT2D eigenvalue weighted by Gasteiger charge is -2.26. The highest BCUT2D eigenvalue weighted by Gasteiger charge is 2.10. The summed E-state index contributed by atoms with van der Waals surface area (Å²) in [7, 11) is 0. The summed E-state index contributed by atoms with van der Waals surface area (Å²) in [5, 5.41) is 13.5. The van der Waals surface area contributed by atoms with E-state index in [1.165, 1.54) is 56.1 Å². The molecule has 0 atom stereocenters. The summed E-state index contributed by atoms with van der Waals surface area (Å²) in [6.45, 7) is 3.82. The number of piperidine rings is 1. The first-order chi connectivity index (χ1) is 13.6. The quantitative estimate of drug-likeness (QED) is 0.450. The van der Waals surface area contributed by atoms with Gasteiger partial charge in [-0.25, -0.2) is 0 Å². The Labute approximate surface area is 165 Å². The highest BCUT2D eigenvalue weighted by molar-refractivity contribution is 5.91. The van der Waals surface area contributed by atoms with Crippen molar-refractivity contribution >= 4 is 17.7 Å². The molecule has 0 spiro atoms. The molecule has 1 fully saturated rings. The molecule has 6 nitrogen and oxygen atoms in total. The number of nitro groups is 1. The fourth-order valence-electron chi connectivity index (χ4n) is 3.27. The predicted molar refractivity (Wildman–Crippen MR) is 110 cm³/mol. The van der Waals surface area contributed by atoms with E-state index in [0.717, 1.165) is 17.7 Å². The molecule has 0 bridgehead atoms. The Morgan fingerprint density at radius 1 is 1.00 bits per heavy atom. The van der Waals surface area contributed by atoms with Crippen LogP contribution >= 0.6 is 0 Å². The minimum absolute atomic E-state index is 0.0327. The predicted octanol–water partition coefficient (Wildman–Crippen LogP) is 3.91. The van der Waals surface area contributed by atoms with Gasteiger partial charge in [0.05, 0.1) is 4.92 Å². The van der Waals surface area contributed by atoms with Gasteiger partial charge in [0.2, 0.25) is 5.91 Å². The van der Waals surface area contributed by atoms with Gasteiger partial charge in [-0.1, -0.05) is 30.7 Å². The number of carbonyl (C=O) groups excluding carboxylic acids is 1. The number of likely N-dealkylation sites (tertiary alicyclic amines) is 1. The minimum Gasteiger partial charge on any atom is -0.348 e. The van der Waals surface area contributed by atoms with Gasteiger partial charge < -0.3 is 5.32 Å². The molecule has 0 saturated carbocycles. The van der Waals surface area contributed by atoms with Crippen molar-refractivity contribution in [2.75, 3.05) is 13.1 Å². The van der Waals surface area contributed by atoms with Crippen molar-refractivity contribution in [3.8, 4) is 0 Å². The second-order valence-corrected chi connectivity index (χ2v) is 7.05. The van der Waals surface area contributed by atoms with Crippen LogP contribution < -0.4 is 5.32 Å². The van der Waals surface area contributed by atoms with Gasteiger partial charge in [0.15, 0.2) is 0 Å². The standard InChI is InChI=1S/C22H25N3O3/c26-22(13-10-18-8-11-21(12-9-18)25(27)28)23-16-19-4-6-20(7-5-19)17-24-14-2-1-3-15-24/h4-13H,1-3,14-17H2,(H,23,26)/b13-10+. The number of benzene rings is 2. The van der Waals surface area contributed by atoms with Crippen LogP contribution in [0.5, 0.6) is 0 Å². The van der Waals surface area contributed by atoms with Crippen LogP contribution in [0, 0.1) is 10.1 Å². The molecule has 1 saturated heterocycles. The smallest absolute Gasteiger partial charge is 0.269 e. The second-order valence-electron chi connectivity index (χ2n) is 7.05. The molecule has 0 unspecified atom stereocenters. The van der Waals surface area contributed by atoms with Crippen LogP contribution in [0.1, 0.15) is 36.0 Å². The van der Waals surface area contributed by atoms with Gasteiger partial charge in [0.1, 0.15) is 0 Å². The topological polar surface area (TPSA) is 75.5 Å². The van der Waals surface area contributed by atoms with Crippen LogP contribution in [-0.4, -0.2) is 28.8 Å². The zero-order chi connectivity index (χ0) is 19.8. The molecule has 0 aliphatic carbocycles. The number of rotatable bonds is 7. The lowest BCUT2D eigenvalue weighted by atomic mass is 10.1. The van der Waals surface area contributed by atoms with Crippen molar-refractivity contribution in [1.82, 2.24) is 10.2 Å². The van der Waals surface area contributed by atoms with Crippen LogP contribution in [0.3, 0.4) is 0 Å². The molecular weight excluding hydrogens is 354 g/mol. The summed E-state index contributed by atoms with van der Waals surface area (Å²) in [5.41, 5.74) is 3.13. The number of non-ortho nitro benzene ring substituents is 1. The maximum Gasteiger partial charge on any atom is 0.269 e. The summed E-state index contributed by atoms with van der Waals surface area (Å²) in [6, 6.07) is 14.4. The Morgan fingerprint density at radius 3 is 2.29 bits per heavy atom. The van der Waals surface area contributed by atoms with Crippen LogP contribution in [0.25, 0.3) is 6.08 Å². The van der Waals surface area contributed by atoms with Crippen molar-refractivity contribution < 1.29 is 9.72 Å². The average molecular weight is 379 g/mol. The van der Waals surface area contributed by atoms with Crippen LogP contribution in [0.4, 0.5) is 5.69 Å². The summed E-state index contributed by atoms with van der Waals surface area (Å²) in [5.74, 6) is -0.198. The third kappa shape index (κ3) is 6.03. The van der Waals surface area contributed by atoms with E-state index >= 15 is 0 Å². The second kappa shape index (κ2) is 9.80. The molecule has 28 heavy (non-hydrogen) atoms. The Morgan fingerprint density at radius 2 is 1.64 bits per heavy atom. The Hall–Kier alpha value is -2.99. The average Bonchev–Trinajstić information content (AvgIpc) is 2.73. The fourth-order valence-corrected chi connectivity index (χ4v) is 3.27. The van der Waals surface area contributed by atoms with Gasteiger partial charge in [-0.3, -0.25) is 19.8 Å². The van der Waals surface area contributed by atoms with Gasteiger partial charge in [-0.05, 0) is 60.8 Å². The van der Waals surface area contributed by atoms with Gasteiger partial charge in [-0.15, -0.1) is 0 Å². The molecule has 1 heterocycles. The van der Waals surface area contributed by atoms with Crippen molar-refractivity contribution in [1.29, 1.82) is 0 Å². The molecular formula is C22H25N3O3. The van der Waals surface area contributed by atoms with E-state index in [-0.39, 0.29) is 11.6 Å². The van der Waals surface area contributed by atoms with E-state index in [9.17, 15) is 14.9 Å². The summed E-state index contributed by atoms with van der Waals surface area (Å²) < 4.78 is 0. The number of nitro benzene ring substituents is 1. The molecule has 0 radical (unpaired) electrons. The van der Waals surface area contributed by atoms with E-state index in [0.29, 0.717) is 6.54 Å². The first kappa shape index (κ1) is 19.8. The summed E-state index contributed by atoms with van der Waals surface area (Å²) >= 11 is 0. The van der Waals surface area contributed by atoms with Crippen molar-refractivity contribution in [2.45, 2.75) is 32.4 Å². The maximum absolute atomic E-state index is 12.0. The molecule has 3 rings (SSSR count). The largest absolute Gasteiger partial charge is 0.348 e. The minimum atomic E-state index is -0.446. The number of nitrogens with zero attached hydrogens (tertiary/aromatic N) is 2. The molecule has 6 heteroatoms. The Balaban J connectivity index is 1.45. The fraction of sp³-hybridized carbons (Fsp3) is 0.318. The molecule has 2 aromatic rings. The zero-order valence-electron chi connectivity index (χ0n) is 15.8. The van der Waals surface area contributed by atoms with E-state index in [1.807, 2.05) is 0 Å². The van der Waals surface area contributed by atoms with Crippen molar-refractivity contribution in [3.05, 3.63) is 81.4 Å². The van der Waals surface area contributed by atoms with Gasteiger partial charge in [0.25, 0.3) is 5.69 Å². The summed E-state index contributed by atoms with van der Waals surface area (Å²) in [4.78, 5) is 24.7. The van der Waals surface area contributed by atoms with Crippen molar-refractivity contribution in [2.24, 2.45) is 0 Å². The van der Waals surface area contributed by atoms with Crippen molar-refractivity contribution in [3.63, 3.8) is 0 Å². The zero-order valence-corrected chi connectivity index (χ0v) is 15.8. The van der Waals surface area contributed by atoms with Gasteiger partial charge in [-0.2, -0.15) is 0 Å². The third-order valence-electron chi connectivity index (χ3n) is 4.88. The molecule has 0 aromatic heterocycles. The highest BCUT2D eigenvalue weighted by Crippen LogP contribution is 2.14. The first-order valence-corrected chi connectivity index (χ1v) is 9.61. The van der Waals surface area contributed by atoms with E-state index in [1.54, 1.807) is 18.2 Å². The number of hydrogen-bond acceptors (Lipinski definition) is 4. The Bertz CT molecular complexity index is 823. The number of nitrogens with one attached hydrogen (secondary N) is 1. The SMILES string of the molecule is O=C(/C=C/c1ccc([N+](=O)[O-])cc1)NCc1ccc(CN2CCCCC2)cc1. The van der Waals surface area contributed by atoms with Crippen LogP contribution in [0.2, 0.25) is 0 Å². The molecule has 1 aliphatic rings. The molecule has 1 amide bonds. The number of carbonyl (C=O) groups is 1. The monoisotopic (exact) mass is 379 g/mol. The molecule has 1 aliphatic heterocycles. The Kier molecular flexibility index (Phi) is 6.92. The number of hydrogen-bond donors (Lipinski definition) is 1. The van der Waals surface area contributed by atoms with Gasteiger partial charge >= 0.3 is 0 Å². The normalized spacial score (nSPS) is 14.9. The van der Waals surface area contributed by atoms with Crippen LogP contribution in [0.15, 0.2) is 54.6 Å². The van der Waals surface area contributed by atoms with Crippen LogP contribution in [-0.2, 0) is 17.9 Å². The molecule has 1 N–H and O–H groups in total. The van der Waals surface area contributed by atoms with E-state index in [2.05, 4.69) is 34.5 Å². The summed E-state index contributed by atoms with van der Waals surface area (Å²) in [6.07, 6.45) is 7.00. The highest BCUT2D eigenvalue weighted by atomic mass is 16.6. The third-order valence-corrected chi connectivity index (χ3v) is 4.88. The lowest BCUT2D eigenvalue weighted by molar-refractivity contribution is -0.384. The van der Waals surface area contributed by atoms with Gasteiger partial charge in [0, 0.05) is 31.3 Å². The molecule has 2 aromatic carbocycles. The maximum atomic E-state index is 12.0. The first-order valence-electron chi connectivity index (χ1n) is 9.61.